The lowest BCUT2D eigenvalue weighted by molar-refractivity contribution is 0.103. The second-order valence-corrected chi connectivity index (χ2v) is 5.53. The van der Waals surface area contributed by atoms with E-state index in [1.54, 1.807) is 30.3 Å². The molecule has 0 fully saturated rings. The van der Waals surface area contributed by atoms with E-state index in [0.29, 0.717) is 16.4 Å². The number of ketones is 1. The molecule has 1 unspecified atom stereocenters. The van der Waals surface area contributed by atoms with Gasteiger partial charge >= 0.3 is 8.03 Å². The molecular weight excluding hydrogens is 259 g/mol. The quantitative estimate of drug-likeness (QED) is 0.634. The molecule has 1 atom stereocenters. The molecule has 4 heteroatoms. The van der Waals surface area contributed by atoms with Gasteiger partial charge < -0.3 is 0 Å². The molecule has 2 aromatic carbocycles. The average Bonchev–Trinajstić information content (AvgIpc) is 2.46. The van der Waals surface area contributed by atoms with Gasteiger partial charge in [-0.1, -0.05) is 24.3 Å². The van der Waals surface area contributed by atoms with Gasteiger partial charge in [-0.3, -0.25) is 4.79 Å². The van der Waals surface area contributed by atoms with Crippen molar-refractivity contribution in [3.8, 4) is 0 Å². The van der Waals surface area contributed by atoms with Crippen molar-refractivity contribution in [2.24, 2.45) is 0 Å². The lowest BCUT2D eigenvalue weighted by atomic mass is 9.99. The zero-order valence-corrected chi connectivity index (χ0v) is 11.7. The van der Waals surface area contributed by atoms with E-state index in [0.717, 1.165) is 5.56 Å². The Balaban J connectivity index is 2.31. The molecule has 0 aliphatic heterocycles. The summed E-state index contributed by atoms with van der Waals surface area (Å²) in [7, 11) is -0.433. The fourth-order valence-corrected chi connectivity index (χ4v) is 2.43. The summed E-state index contributed by atoms with van der Waals surface area (Å²) in [6.07, 6.45) is 0. The third-order valence-electron chi connectivity index (χ3n) is 2.90. The minimum atomic E-state index is -1.83. The highest BCUT2D eigenvalue weighted by Crippen LogP contribution is 2.20. The number of carbonyl (C=O) groups excluding carboxylic acids is 1. The summed E-state index contributed by atoms with van der Waals surface area (Å²) in [6, 6.07) is 14.1. The molecular formula is C15H14O3P+. The van der Waals surface area contributed by atoms with Crippen LogP contribution in [0.25, 0.3) is 0 Å². The van der Waals surface area contributed by atoms with Crippen molar-refractivity contribution in [2.45, 2.75) is 6.92 Å². The maximum Gasteiger partial charge on any atom is 0.548 e. The van der Waals surface area contributed by atoms with Gasteiger partial charge in [-0.2, -0.15) is 0 Å². The van der Waals surface area contributed by atoms with E-state index < -0.39 is 8.03 Å². The Morgan fingerprint density at radius 3 is 2.26 bits per heavy atom. The fraction of sp³-hybridized carbons (Fsp3) is 0.133. The predicted octanol–water partition coefficient (Wildman–Crippen LogP) is 3.24. The molecule has 0 bridgehead atoms. The summed E-state index contributed by atoms with van der Waals surface area (Å²) in [6.45, 7) is 1.91. The summed E-state index contributed by atoms with van der Waals surface area (Å²) in [5, 5.41) is 0.582. The second-order valence-electron chi connectivity index (χ2n) is 4.13. The van der Waals surface area contributed by atoms with Crippen LogP contribution in [0.15, 0.2) is 48.5 Å². The Bertz CT molecular complexity index is 618. The molecule has 0 heterocycles. The van der Waals surface area contributed by atoms with Gasteiger partial charge in [-0.15, -0.1) is 4.52 Å². The largest absolute Gasteiger partial charge is 0.548 e. The van der Waals surface area contributed by atoms with Crippen LogP contribution in [0.2, 0.25) is 0 Å². The number of hydrogen-bond donors (Lipinski definition) is 0. The van der Waals surface area contributed by atoms with Gasteiger partial charge in [0.1, 0.15) is 0 Å². The van der Waals surface area contributed by atoms with E-state index in [1.165, 1.54) is 7.11 Å². The summed E-state index contributed by atoms with van der Waals surface area (Å²) in [5.41, 5.74) is 2.21. The zero-order valence-electron chi connectivity index (χ0n) is 10.8. The number of hydrogen-bond acceptors (Lipinski definition) is 3. The minimum absolute atomic E-state index is 0.0303. The van der Waals surface area contributed by atoms with Crippen LogP contribution >= 0.6 is 8.03 Å². The molecule has 0 spiro atoms. The Morgan fingerprint density at radius 1 is 1.05 bits per heavy atom. The van der Waals surface area contributed by atoms with E-state index in [4.69, 9.17) is 4.52 Å². The van der Waals surface area contributed by atoms with Gasteiger partial charge in [0.25, 0.3) is 0 Å². The van der Waals surface area contributed by atoms with Crippen molar-refractivity contribution >= 4 is 19.1 Å². The van der Waals surface area contributed by atoms with Crippen LogP contribution < -0.4 is 5.30 Å². The summed E-state index contributed by atoms with van der Waals surface area (Å²) in [4.78, 5) is 12.3. The summed E-state index contributed by atoms with van der Waals surface area (Å²) in [5.74, 6) is -0.0303. The minimum Gasteiger partial charge on any atom is -0.289 e. The van der Waals surface area contributed by atoms with Gasteiger partial charge in [0.05, 0.1) is 7.11 Å². The molecule has 2 rings (SSSR count). The lowest BCUT2D eigenvalue weighted by Gasteiger charge is -2.04. The molecule has 0 saturated heterocycles. The van der Waals surface area contributed by atoms with E-state index >= 15 is 0 Å². The third-order valence-corrected chi connectivity index (χ3v) is 3.95. The van der Waals surface area contributed by atoms with Crippen LogP contribution in [-0.4, -0.2) is 12.9 Å². The Labute approximate surface area is 113 Å². The molecule has 0 aliphatic carbocycles. The normalized spacial score (nSPS) is 11.2. The van der Waals surface area contributed by atoms with Gasteiger partial charge in [-0.25, -0.2) is 0 Å². The van der Waals surface area contributed by atoms with Gasteiger partial charge in [0, 0.05) is 11.1 Å². The van der Waals surface area contributed by atoms with E-state index in [9.17, 15) is 9.36 Å². The maximum absolute atomic E-state index is 12.3. The third kappa shape index (κ3) is 2.95. The molecule has 2 aromatic rings. The zero-order chi connectivity index (χ0) is 13.8. The van der Waals surface area contributed by atoms with Crippen LogP contribution in [-0.2, 0) is 9.09 Å². The molecule has 0 radical (unpaired) electrons. The monoisotopic (exact) mass is 273 g/mol. The van der Waals surface area contributed by atoms with E-state index in [2.05, 4.69) is 0 Å². The lowest BCUT2D eigenvalue weighted by Crippen LogP contribution is -2.05. The summed E-state index contributed by atoms with van der Waals surface area (Å²) >= 11 is 0. The smallest absolute Gasteiger partial charge is 0.289 e. The van der Waals surface area contributed by atoms with Crippen LogP contribution in [0, 0.1) is 6.92 Å². The first-order chi connectivity index (χ1) is 9.13. The van der Waals surface area contributed by atoms with Crippen molar-refractivity contribution in [1.82, 2.24) is 0 Å². The van der Waals surface area contributed by atoms with Crippen LogP contribution in [0.1, 0.15) is 21.5 Å². The molecule has 19 heavy (non-hydrogen) atoms. The van der Waals surface area contributed by atoms with Gasteiger partial charge in [-0.05, 0) is 41.3 Å². The average molecular weight is 273 g/mol. The van der Waals surface area contributed by atoms with Crippen molar-refractivity contribution < 1.29 is 13.9 Å². The first kappa shape index (κ1) is 13.6. The molecule has 0 aliphatic rings. The Hall–Kier alpha value is -1.83. The van der Waals surface area contributed by atoms with Crippen molar-refractivity contribution in [2.75, 3.05) is 7.11 Å². The highest BCUT2D eigenvalue weighted by molar-refractivity contribution is 7.48. The molecule has 3 nitrogen and oxygen atoms in total. The molecule has 0 aromatic heterocycles. The number of rotatable bonds is 4. The fourth-order valence-electron chi connectivity index (χ4n) is 1.82. The predicted molar refractivity (Wildman–Crippen MR) is 75.3 cm³/mol. The van der Waals surface area contributed by atoms with Crippen molar-refractivity contribution in [3.05, 3.63) is 65.2 Å². The van der Waals surface area contributed by atoms with Crippen molar-refractivity contribution in [3.63, 3.8) is 0 Å². The highest BCUT2D eigenvalue weighted by atomic mass is 31.1. The van der Waals surface area contributed by atoms with Gasteiger partial charge in [0.15, 0.2) is 5.78 Å². The van der Waals surface area contributed by atoms with Gasteiger partial charge in [0.2, 0.25) is 5.30 Å². The standard InChI is InChI=1S/C15H14O3P/c1-11-5-3-4-6-14(11)15(16)12-7-9-13(10-8-12)19(17)18-2/h3-10H,1-2H3/q+1. The number of carbonyl (C=O) groups is 1. The van der Waals surface area contributed by atoms with Crippen LogP contribution in [0.5, 0.6) is 0 Å². The first-order valence-corrected chi connectivity index (χ1v) is 7.03. The second kappa shape index (κ2) is 5.87. The Morgan fingerprint density at radius 2 is 1.68 bits per heavy atom. The van der Waals surface area contributed by atoms with Crippen LogP contribution in [0.4, 0.5) is 0 Å². The SMILES string of the molecule is CO[P+](=O)c1ccc(C(=O)c2ccccc2C)cc1. The Kier molecular flexibility index (Phi) is 4.20. The molecule has 0 saturated carbocycles. The first-order valence-electron chi connectivity index (χ1n) is 5.85. The molecule has 0 amide bonds. The van der Waals surface area contributed by atoms with Crippen LogP contribution in [0.3, 0.4) is 0 Å². The number of aryl methyl sites for hydroxylation is 1. The van der Waals surface area contributed by atoms with E-state index in [1.807, 2.05) is 25.1 Å². The maximum atomic E-state index is 12.3. The summed E-state index contributed by atoms with van der Waals surface area (Å²) < 4.78 is 16.2. The molecule has 0 N–H and O–H groups in total. The van der Waals surface area contributed by atoms with Crippen molar-refractivity contribution in [1.29, 1.82) is 0 Å². The molecule has 96 valence electrons. The number of benzene rings is 2. The highest BCUT2D eigenvalue weighted by Gasteiger charge is 2.20. The van der Waals surface area contributed by atoms with E-state index in [-0.39, 0.29) is 5.78 Å². The topological polar surface area (TPSA) is 43.4 Å².